The average Bonchev–Trinajstić information content (AvgIpc) is 2.86. The van der Waals surface area contributed by atoms with Gasteiger partial charge in [0.15, 0.2) is 0 Å². The molecule has 0 saturated carbocycles. The maximum Gasteiger partial charge on any atom is 0.311 e. The van der Waals surface area contributed by atoms with Crippen LogP contribution in [0.5, 0.6) is 0 Å². The first-order chi connectivity index (χ1) is 11.8. The highest BCUT2D eigenvalue weighted by Crippen LogP contribution is 2.33. The predicted octanol–water partition coefficient (Wildman–Crippen LogP) is 1.61. The van der Waals surface area contributed by atoms with Gasteiger partial charge in [0, 0.05) is 22.9 Å². The van der Waals surface area contributed by atoms with Gasteiger partial charge in [-0.2, -0.15) is 0 Å². The number of H-pyrrole nitrogens is 2. The smallest absolute Gasteiger partial charge is 0.311 e. The molecule has 0 bridgehead atoms. The molecule has 1 atom stereocenters. The van der Waals surface area contributed by atoms with E-state index < -0.39 is 29.2 Å². The van der Waals surface area contributed by atoms with Crippen molar-refractivity contribution in [3.8, 4) is 0 Å². The van der Waals surface area contributed by atoms with Gasteiger partial charge in [-0.3, -0.25) is 19.5 Å². The number of nitrogens with two attached hydrogens (primary N) is 1. The Hall–Kier alpha value is -2.61. The Kier molecular flexibility index (Phi) is 5.97. The minimum atomic E-state index is -0.829. The number of rotatable bonds is 7. The maximum atomic E-state index is 13.3. The normalized spacial score (nSPS) is 12.0. The number of esters is 1. The van der Waals surface area contributed by atoms with E-state index in [4.69, 9.17) is 22.1 Å². The fourth-order valence-electron chi connectivity index (χ4n) is 2.62. The zero-order valence-corrected chi connectivity index (χ0v) is 14.2. The summed E-state index contributed by atoms with van der Waals surface area (Å²) in [5.74, 6) is -2.60. The highest BCUT2D eigenvalue weighted by molar-refractivity contribution is 6.31. The van der Waals surface area contributed by atoms with Gasteiger partial charge in [-0.25, -0.2) is 4.39 Å². The van der Waals surface area contributed by atoms with Crippen molar-refractivity contribution in [2.75, 3.05) is 6.61 Å². The summed E-state index contributed by atoms with van der Waals surface area (Å²) in [4.78, 5) is 35.5. The van der Waals surface area contributed by atoms with Gasteiger partial charge in [0.05, 0.1) is 18.7 Å². The Labute approximate surface area is 147 Å². The number of aromatic amines is 2. The number of carbonyl (C=O) groups is 2. The van der Waals surface area contributed by atoms with Gasteiger partial charge in [-0.05, 0) is 24.6 Å². The monoisotopic (exact) mass is 369 g/mol. The summed E-state index contributed by atoms with van der Waals surface area (Å²) < 4.78 is 18.2. The third-order valence-corrected chi connectivity index (χ3v) is 3.94. The van der Waals surface area contributed by atoms with Gasteiger partial charge < -0.3 is 15.6 Å². The lowest BCUT2D eigenvalue weighted by Crippen LogP contribution is -2.22. The van der Waals surface area contributed by atoms with E-state index in [9.17, 15) is 18.8 Å². The van der Waals surface area contributed by atoms with E-state index >= 15 is 0 Å². The van der Waals surface area contributed by atoms with Gasteiger partial charge in [0.2, 0.25) is 5.91 Å². The van der Waals surface area contributed by atoms with Gasteiger partial charge >= 0.3 is 5.97 Å². The van der Waals surface area contributed by atoms with E-state index in [0.29, 0.717) is 5.56 Å². The predicted molar refractivity (Wildman–Crippen MR) is 88.8 cm³/mol. The van der Waals surface area contributed by atoms with Crippen LogP contribution in [0.4, 0.5) is 4.39 Å². The molecular weight excluding hydrogens is 353 g/mol. The van der Waals surface area contributed by atoms with Crippen LogP contribution in [0.25, 0.3) is 0 Å². The van der Waals surface area contributed by atoms with E-state index in [1.807, 2.05) is 0 Å². The standard InChI is InChI=1S/C16H17ClFN3O4/c1-2-25-14(23)7-12-15(16(24)21-20-12)10(6-13(19)22)9-4-3-8(18)5-11(9)17/h3-5,10H,2,6-7H2,1H3,(H2,19,22)(H2,20,21,24)/t10-/m1/s1. The molecule has 4 N–H and O–H groups in total. The van der Waals surface area contributed by atoms with Crippen LogP contribution >= 0.6 is 11.6 Å². The van der Waals surface area contributed by atoms with E-state index in [1.54, 1.807) is 6.92 Å². The Morgan fingerprint density at radius 3 is 2.68 bits per heavy atom. The van der Waals surface area contributed by atoms with Crippen molar-refractivity contribution in [3.63, 3.8) is 0 Å². The second-order valence-corrected chi connectivity index (χ2v) is 5.75. The van der Waals surface area contributed by atoms with Gasteiger partial charge in [0.25, 0.3) is 5.56 Å². The first-order valence-corrected chi connectivity index (χ1v) is 7.89. The molecule has 0 fully saturated rings. The summed E-state index contributed by atoms with van der Waals surface area (Å²) in [7, 11) is 0. The lowest BCUT2D eigenvalue weighted by atomic mass is 9.87. The number of ether oxygens (including phenoxy) is 1. The molecule has 0 unspecified atom stereocenters. The molecule has 0 radical (unpaired) electrons. The molecule has 134 valence electrons. The molecule has 0 aliphatic heterocycles. The zero-order chi connectivity index (χ0) is 18.6. The fraction of sp³-hybridized carbons (Fsp3) is 0.312. The van der Waals surface area contributed by atoms with Crippen LogP contribution in [0.2, 0.25) is 5.02 Å². The molecular formula is C16H17ClFN3O4. The third kappa shape index (κ3) is 4.48. The van der Waals surface area contributed by atoms with Crippen molar-refractivity contribution >= 4 is 23.5 Å². The Morgan fingerprint density at radius 2 is 2.08 bits per heavy atom. The second-order valence-electron chi connectivity index (χ2n) is 5.34. The molecule has 1 aromatic carbocycles. The second kappa shape index (κ2) is 7.98. The van der Waals surface area contributed by atoms with Gasteiger partial charge in [-0.15, -0.1) is 0 Å². The number of benzene rings is 1. The molecule has 1 amide bonds. The molecule has 0 aliphatic carbocycles. The lowest BCUT2D eigenvalue weighted by Gasteiger charge is -2.17. The number of nitrogens with one attached hydrogen (secondary N) is 2. The molecule has 25 heavy (non-hydrogen) atoms. The van der Waals surface area contributed by atoms with E-state index in [0.717, 1.165) is 6.07 Å². The van der Waals surface area contributed by atoms with Gasteiger partial charge in [0.1, 0.15) is 5.82 Å². The number of halogens is 2. The van der Waals surface area contributed by atoms with Crippen molar-refractivity contribution in [2.45, 2.75) is 25.7 Å². The summed E-state index contributed by atoms with van der Waals surface area (Å²) in [6.07, 6.45) is -0.432. The molecule has 2 aromatic rings. The zero-order valence-electron chi connectivity index (χ0n) is 13.4. The van der Waals surface area contributed by atoms with Crippen molar-refractivity contribution in [2.24, 2.45) is 5.73 Å². The highest BCUT2D eigenvalue weighted by Gasteiger charge is 2.27. The molecule has 7 nitrogen and oxygen atoms in total. The number of aromatic nitrogens is 2. The SMILES string of the molecule is CCOC(=O)Cc1[nH][nH]c(=O)c1[C@H](CC(N)=O)c1ccc(F)cc1Cl. The molecule has 0 aliphatic rings. The number of amides is 1. The van der Waals surface area contributed by atoms with E-state index in [-0.39, 0.29) is 35.7 Å². The molecule has 9 heteroatoms. The van der Waals surface area contributed by atoms with E-state index in [2.05, 4.69) is 10.2 Å². The number of hydrogen-bond acceptors (Lipinski definition) is 4. The van der Waals surface area contributed by atoms with Crippen LogP contribution in [0.3, 0.4) is 0 Å². The van der Waals surface area contributed by atoms with Crippen LogP contribution < -0.4 is 11.3 Å². The Bertz CT molecular complexity index is 846. The van der Waals surface area contributed by atoms with Crippen LogP contribution in [-0.4, -0.2) is 28.7 Å². The minimum Gasteiger partial charge on any atom is -0.466 e. The maximum absolute atomic E-state index is 13.3. The van der Waals surface area contributed by atoms with Crippen molar-refractivity contribution in [1.29, 1.82) is 0 Å². The summed E-state index contributed by atoms with van der Waals surface area (Å²) in [6.45, 7) is 1.85. The van der Waals surface area contributed by atoms with Crippen LogP contribution in [0, 0.1) is 5.82 Å². The summed E-state index contributed by atoms with van der Waals surface area (Å²) in [6, 6.07) is 3.63. The molecule has 1 aromatic heterocycles. The van der Waals surface area contributed by atoms with Crippen LogP contribution in [0.15, 0.2) is 23.0 Å². The molecule has 2 rings (SSSR count). The van der Waals surface area contributed by atoms with E-state index in [1.165, 1.54) is 12.1 Å². The summed E-state index contributed by atoms with van der Waals surface area (Å²) in [5.41, 5.74) is 5.53. The number of carbonyl (C=O) groups excluding carboxylic acids is 2. The topological polar surface area (TPSA) is 118 Å². The third-order valence-electron chi connectivity index (χ3n) is 3.61. The summed E-state index contributed by atoms with van der Waals surface area (Å²) in [5, 5.41) is 5.04. The van der Waals surface area contributed by atoms with Crippen molar-refractivity contribution in [3.05, 3.63) is 56.2 Å². The lowest BCUT2D eigenvalue weighted by molar-refractivity contribution is -0.142. The minimum absolute atomic E-state index is 0.0499. The highest BCUT2D eigenvalue weighted by atomic mass is 35.5. The fourth-order valence-corrected chi connectivity index (χ4v) is 2.92. The van der Waals surface area contributed by atoms with Gasteiger partial charge in [-0.1, -0.05) is 17.7 Å². The Morgan fingerprint density at radius 1 is 1.36 bits per heavy atom. The molecule has 0 saturated heterocycles. The Balaban J connectivity index is 2.52. The quantitative estimate of drug-likeness (QED) is 0.642. The van der Waals surface area contributed by atoms with Crippen molar-refractivity contribution in [1.82, 2.24) is 10.2 Å². The number of hydrogen-bond donors (Lipinski definition) is 3. The van der Waals surface area contributed by atoms with Crippen LogP contribution in [-0.2, 0) is 20.7 Å². The molecule has 1 heterocycles. The van der Waals surface area contributed by atoms with Crippen LogP contribution in [0.1, 0.15) is 36.1 Å². The largest absolute Gasteiger partial charge is 0.466 e. The first kappa shape index (κ1) is 18.7. The first-order valence-electron chi connectivity index (χ1n) is 7.51. The summed E-state index contributed by atoms with van der Waals surface area (Å²) >= 11 is 6.08. The average molecular weight is 370 g/mol. The number of primary amides is 1. The molecule has 0 spiro atoms. The van der Waals surface area contributed by atoms with Crippen molar-refractivity contribution < 1.29 is 18.7 Å².